The lowest BCUT2D eigenvalue weighted by Crippen LogP contribution is -2.11. The lowest BCUT2D eigenvalue weighted by molar-refractivity contribution is 0.1000. The highest BCUT2D eigenvalue weighted by atomic mass is 16.1. The summed E-state index contributed by atoms with van der Waals surface area (Å²) in [5.41, 5.74) is 5.19. The van der Waals surface area contributed by atoms with Gasteiger partial charge >= 0.3 is 0 Å². The Morgan fingerprint density at radius 3 is 2.91 bits per heavy atom. The Kier molecular flexibility index (Phi) is 1.60. The van der Waals surface area contributed by atoms with E-state index >= 15 is 0 Å². The van der Waals surface area contributed by atoms with Gasteiger partial charge in [0.15, 0.2) is 5.69 Å². The van der Waals surface area contributed by atoms with Gasteiger partial charge in [0.05, 0.1) is 5.56 Å². The van der Waals surface area contributed by atoms with E-state index < -0.39 is 5.91 Å². The first-order valence-corrected chi connectivity index (χ1v) is 2.88. The van der Waals surface area contributed by atoms with E-state index in [1.165, 1.54) is 10.9 Å². The highest BCUT2D eigenvalue weighted by Gasteiger charge is 2.10. The Bertz CT molecular complexity index is 333. The molecule has 1 aromatic heterocycles. The number of carbonyl (C=O) groups is 1. The number of nitrogens with zero attached hydrogens (tertiary/aromatic N) is 3. The van der Waals surface area contributed by atoms with Crippen LogP contribution in [-0.2, 0) is 7.05 Å². The third-order valence-electron chi connectivity index (χ3n) is 1.20. The summed E-state index contributed by atoms with van der Waals surface area (Å²) in [5, 5.41) is 12.2. The van der Waals surface area contributed by atoms with E-state index in [1.807, 2.05) is 0 Å². The fraction of sp³-hybridized carbons (Fsp3) is 0.167. The molecule has 2 N–H and O–H groups in total. The maximum absolute atomic E-state index is 10.6. The molecular weight excluding hydrogens is 144 g/mol. The number of primary amides is 1. The largest absolute Gasteiger partial charge is 0.365 e. The van der Waals surface area contributed by atoms with Crippen LogP contribution in [0.2, 0.25) is 0 Å². The van der Waals surface area contributed by atoms with Crippen molar-refractivity contribution < 1.29 is 4.79 Å². The van der Waals surface area contributed by atoms with E-state index in [-0.39, 0.29) is 11.3 Å². The van der Waals surface area contributed by atoms with Gasteiger partial charge in [0, 0.05) is 13.2 Å². The van der Waals surface area contributed by atoms with Crippen LogP contribution in [0.3, 0.4) is 0 Å². The minimum atomic E-state index is -0.630. The van der Waals surface area contributed by atoms with Crippen molar-refractivity contribution in [2.24, 2.45) is 12.8 Å². The zero-order valence-electron chi connectivity index (χ0n) is 5.90. The number of hydrogen-bond acceptors (Lipinski definition) is 3. The maximum Gasteiger partial charge on any atom is 0.253 e. The zero-order valence-corrected chi connectivity index (χ0v) is 5.90. The predicted molar refractivity (Wildman–Crippen MR) is 36.4 cm³/mol. The van der Waals surface area contributed by atoms with Crippen LogP contribution >= 0.6 is 0 Å². The van der Waals surface area contributed by atoms with E-state index in [0.29, 0.717) is 0 Å². The predicted octanol–water partition coefficient (Wildman–Crippen LogP) is -0.609. The number of nitriles is 1. The molecule has 0 atom stereocenters. The average molecular weight is 150 g/mol. The van der Waals surface area contributed by atoms with Gasteiger partial charge in [-0.15, -0.1) is 0 Å². The minimum Gasteiger partial charge on any atom is -0.365 e. The SMILES string of the molecule is Cn1cc(C(N)=O)c(C#N)n1. The van der Waals surface area contributed by atoms with Gasteiger partial charge < -0.3 is 5.73 Å². The normalized spacial score (nSPS) is 9.09. The van der Waals surface area contributed by atoms with Gasteiger partial charge in [-0.25, -0.2) is 0 Å². The van der Waals surface area contributed by atoms with Crippen molar-refractivity contribution in [2.45, 2.75) is 0 Å². The number of rotatable bonds is 1. The summed E-state index contributed by atoms with van der Waals surface area (Å²) in [4.78, 5) is 10.6. The van der Waals surface area contributed by atoms with Gasteiger partial charge in [-0.05, 0) is 0 Å². The number of aryl methyl sites for hydroxylation is 1. The first-order valence-electron chi connectivity index (χ1n) is 2.88. The van der Waals surface area contributed by atoms with Crippen LogP contribution < -0.4 is 5.73 Å². The van der Waals surface area contributed by atoms with Crippen LogP contribution in [-0.4, -0.2) is 15.7 Å². The highest BCUT2D eigenvalue weighted by molar-refractivity contribution is 5.94. The molecule has 0 unspecified atom stereocenters. The van der Waals surface area contributed by atoms with E-state index in [1.54, 1.807) is 13.1 Å². The Labute approximate surface area is 63.0 Å². The highest BCUT2D eigenvalue weighted by Crippen LogP contribution is 2.02. The monoisotopic (exact) mass is 150 g/mol. The van der Waals surface area contributed by atoms with Gasteiger partial charge in [-0.1, -0.05) is 0 Å². The Balaban J connectivity index is 3.26. The molecule has 0 aliphatic heterocycles. The maximum atomic E-state index is 10.6. The summed E-state index contributed by atoms with van der Waals surface area (Å²) in [6, 6.07) is 1.76. The topological polar surface area (TPSA) is 84.7 Å². The summed E-state index contributed by atoms with van der Waals surface area (Å²) in [6.07, 6.45) is 1.42. The van der Waals surface area contributed by atoms with Crippen LogP contribution in [0.5, 0.6) is 0 Å². The number of amides is 1. The van der Waals surface area contributed by atoms with Gasteiger partial charge in [0.25, 0.3) is 5.91 Å². The Hall–Kier alpha value is -1.83. The number of carbonyl (C=O) groups excluding carboxylic acids is 1. The quantitative estimate of drug-likeness (QED) is 0.579. The fourth-order valence-electron chi connectivity index (χ4n) is 0.751. The molecule has 56 valence electrons. The molecule has 0 aliphatic rings. The number of nitrogens with two attached hydrogens (primary N) is 1. The van der Waals surface area contributed by atoms with Crippen LogP contribution in [0.4, 0.5) is 0 Å². The minimum absolute atomic E-state index is 0.0694. The molecule has 0 aliphatic carbocycles. The van der Waals surface area contributed by atoms with Gasteiger partial charge in [0.1, 0.15) is 6.07 Å². The molecule has 0 saturated carbocycles. The van der Waals surface area contributed by atoms with Gasteiger partial charge in [-0.3, -0.25) is 9.48 Å². The second kappa shape index (κ2) is 2.42. The molecule has 5 heteroatoms. The van der Waals surface area contributed by atoms with Crippen LogP contribution in [0.1, 0.15) is 16.1 Å². The van der Waals surface area contributed by atoms with Gasteiger partial charge in [0.2, 0.25) is 0 Å². The average Bonchev–Trinajstić information content (AvgIpc) is 2.30. The van der Waals surface area contributed by atoms with Crippen molar-refractivity contribution >= 4 is 5.91 Å². The lowest BCUT2D eigenvalue weighted by Gasteiger charge is -1.83. The van der Waals surface area contributed by atoms with Crippen molar-refractivity contribution in [3.8, 4) is 6.07 Å². The smallest absolute Gasteiger partial charge is 0.253 e. The molecule has 0 bridgehead atoms. The molecule has 0 aromatic carbocycles. The molecule has 1 aromatic rings. The standard InChI is InChI=1S/C6H6N4O/c1-10-3-4(6(8)11)5(2-7)9-10/h3H,1H3,(H2,8,11). The zero-order chi connectivity index (χ0) is 8.43. The van der Waals surface area contributed by atoms with E-state index in [0.717, 1.165) is 0 Å². The van der Waals surface area contributed by atoms with Crippen molar-refractivity contribution in [1.82, 2.24) is 9.78 Å². The van der Waals surface area contributed by atoms with Crippen LogP contribution in [0, 0.1) is 11.3 Å². The molecule has 0 radical (unpaired) electrons. The van der Waals surface area contributed by atoms with E-state index in [2.05, 4.69) is 5.10 Å². The first-order chi connectivity index (χ1) is 5.15. The summed E-state index contributed by atoms with van der Waals surface area (Å²) in [5.74, 6) is -0.630. The van der Waals surface area contributed by atoms with Crippen molar-refractivity contribution in [3.05, 3.63) is 17.5 Å². The van der Waals surface area contributed by atoms with E-state index in [4.69, 9.17) is 11.0 Å². The van der Waals surface area contributed by atoms with Crippen molar-refractivity contribution in [3.63, 3.8) is 0 Å². The summed E-state index contributed by atoms with van der Waals surface area (Å²) < 4.78 is 1.37. The third-order valence-corrected chi connectivity index (χ3v) is 1.20. The number of aromatic nitrogens is 2. The van der Waals surface area contributed by atoms with Crippen molar-refractivity contribution in [2.75, 3.05) is 0 Å². The fourth-order valence-corrected chi connectivity index (χ4v) is 0.751. The lowest BCUT2D eigenvalue weighted by atomic mass is 10.2. The second-order valence-corrected chi connectivity index (χ2v) is 2.04. The third kappa shape index (κ3) is 1.19. The molecule has 0 fully saturated rings. The van der Waals surface area contributed by atoms with Crippen molar-refractivity contribution in [1.29, 1.82) is 5.26 Å². The summed E-state index contributed by atoms with van der Waals surface area (Å²) in [7, 11) is 1.62. The van der Waals surface area contributed by atoms with E-state index in [9.17, 15) is 4.79 Å². The summed E-state index contributed by atoms with van der Waals surface area (Å²) >= 11 is 0. The molecular formula is C6H6N4O. The van der Waals surface area contributed by atoms with Gasteiger partial charge in [-0.2, -0.15) is 10.4 Å². The Morgan fingerprint density at radius 1 is 1.91 bits per heavy atom. The molecule has 1 amide bonds. The first kappa shape index (κ1) is 7.28. The van der Waals surface area contributed by atoms with Crippen LogP contribution in [0.25, 0.3) is 0 Å². The summed E-state index contributed by atoms with van der Waals surface area (Å²) in [6.45, 7) is 0. The molecule has 1 heterocycles. The molecule has 0 saturated heterocycles. The molecule has 11 heavy (non-hydrogen) atoms. The molecule has 1 rings (SSSR count). The van der Waals surface area contributed by atoms with Crippen LogP contribution in [0.15, 0.2) is 6.20 Å². The molecule has 0 spiro atoms. The molecule has 5 nitrogen and oxygen atoms in total. The second-order valence-electron chi connectivity index (χ2n) is 2.04. The number of hydrogen-bond donors (Lipinski definition) is 1. The Morgan fingerprint density at radius 2 is 2.55 bits per heavy atom.